The summed E-state index contributed by atoms with van der Waals surface area (Å²) in [6.45, 7) is 13.4. The number of nitrogens with one attached hydrogen (secondary N) is 1. The van der Waals surface area contributed by atoms with Crippen LogP contribution in [0.15, 0.2) is 60.7 Å². The number of aromatic hydroxyl groups is 1. The number of carbonyl (C=O) groups excluding carboxylic acids is 1. The molecule has 40 heavy (non-hydrogen) atoms. The van der Waals surface area contributed by atoms with E-state index < -0.39 is 19.5 Å². The summed E-state index contributed by atoms with van der Waals surface area (Å²) in [6.07, 6.45) is 0.168. The molecule has 3 aromatic carbocycles. The third-order valence-corrected chi connectivity index (χ3v) is 8.34. The molecule has 0 aliphatic heterocycles. The average Bonchev–Trinajstić information content (AvgIpc) is 2.89. The molecule has 0 saturated carbocycles. The van der Waals surface area contributed by atoms with Gasteiger partial charge in [-0.15, -0.1) is 0 Å². The molecule has 216 valence electrons. The van der Waals surface area contributed by atoms with Crippen molar-refractivity contribution in [2.75, 3.05) is 6.35 Å². The number of phenols is 1. The predicted molar refractivity (Wildman–Crippen MR) is 159 cm³/mol. The van der Waals surface area contributed by atoms with Crippen molar-refractivity contribution in [3.63, 3.8) is 0 Å². The van der Waals surface area contributed by atoms with E-state index in [-0.39, 0.29) is 25.0 Å². The molecule has 0 amide bonds. The van der Waals surface area contributed by atoms with Crippen molar-refractivity contribution in [2.24, 2.45) is 0 Å². The molecule has 8 heteroatoms. The minimum absolute atomic E-state index is 0.0996. The highest BCUT2D eigenvalue weighted by atomic mass is 31.2. The van der Waals surface area contributed by atoms with E-state index in [0.29, 0.717) is 17.9 Å². The van der Waals surface area contributed by atoms with Crippen molar-refractivity contribution in [1.29, 1.82) is 0 Å². The van der Waals surface area contributed by atoms with E-state index in [4.69, 9.17) is 14.0 Å². The zero-order chi connectivity index (χ0) is 29.4. The molecule has 0 aliphatic carbocycles. The van der Waals surface area contributed by atoms with Crippen LogP contribution in [0.2, 0.25) is 0 Å². The Kier molecular flexibility index (Phi) is 11.0. The molecule has 0 bridgehead atoms. The average molecular weight is 568 g/mol. The monoisotopic (exact) mass is 567 g/mol. The second kappa shape index (κ2) is 14.0. The second-order valence-corrected chi connectivity index (χ2v) is 12.9. The van der Waals surface area contributed by atoms with Crippen LogP contribution in [0.3, 0.4) is 0 Å². The van der Waals surface area contributed by atoms with Gasteiger partial charge in [-0.3, -0.25) is 9.36 Å². The molecule has 2 atom stereocenters. The van der Waals surface area contributed by atoms with Gasteiger partial charge in [0.25, 0.3) is 0 Å². The fourth-order valence-electron chi connectivity index (χ4n) is 4.40. The molecular weight excluding hydrogens is 525 g/mol. The lowest BCUT2D eigenvalue weighted by Gasteiger charge is -2.24. The van der Waals surface area contributed by atoms with Crippen molar-refractivity contribution in [3.8, 4) is 11.5 Å². The highest BCUT2D eigenvalue weighted by Gasteiger charge is 2.31. The smallest absolute Gasteiger partial charge is 0.323 e. The second-order valence-electron chi connectivity index (χ2n) is 10.8. The third kappa shape index (κ3) is 8.95. The summed E-state index contributed by atoms with van der Waals surface area (Å²) in [6, 6.07) is 18.2. The Hall–Kier alpha value is -3.12. The molecule has 1 unspecified atom stereocenters. The van der Waals surface area contributed by atoms with Crippen molar-refractivity contribution < 1.29 is 28.5 Å². The van der Waals surface area contributed by atoms with Gasteiger partial charge in [0.1, 0.15) is 17.5 Å². The first-order chi connectivity index (χ1) is 18.9. The molecule has 7 nitrogen and oxygen atoms in total. The van der Waals surface area contributed by atoms with Crippen LogP contribution in [-0.2, 0) is 31.6 Å². The Morgan fingerprint density at radius 2 is 1.57 bits per heavy atom. The molecule has 0 aromatic heterocycles. The first kappa shape index (κ1) is 31.4. The van der Waals surface area contributed by atoms with Crippen LogP contribution in [0.5, 0.6) is 11.5 Å². The molecule has 3 aromatic rings. The SMILES string of the molecule is Cc1cc(OCP(=O)(N[C@@H](C)C(=O)OC(C)C)OCc2ccccc2)cc(C)c1Cc1ccc(O)c(C(C)C)c1. The van der Waals surface area contributed by atoms with Gasteiger partial charge in [0.15, 0.2) is 6.35 Å². The van der Waals surface area contributed by atoms with Gasteiger partial charge in [0.05, 0.1) is 12.7 Å². The topological polar surface area (TPSA) is 94.1 Å². The third-order valence-electron chi connectivity index (χ3n) is 6.54. The fraction of sp³-hybridized carbons (Fsp3) is 0.406. The lowest BCUT2D eigenvalue weighted by molar-refractivity contribution is -0.149. The van der Waals surface area contributed by atoms with E-state index in [2.05, 4.69) is 25.0 Å². The quantitative estimate of drug-likeness (QED) is 0.164. The zero-order valence-corrected chi connectivity index (χ0v) is 25.5. The number of benzene rings is 3. The van der Waals surface area contributed by atoms with Gasteiger partial charge < -0.3 is 19.1 Å². The van der Waals surface area contributed by atoms with Crippen LogP contribution in [0.1, 0.15) is 73.9 Å². The number of aryl methyl sites for hydroxylation is 2. The van der Waals surface area contributed by atoms with E-state index >= 15 is 0 Å². The summed E-state index contributed by atoms with van der Waals surface area (Å²) in [5.74, 6) is 0.594. The largest absolute Gasteiger partial charge is 0.508 e. The van der Waals surface area contributed by atoms with E-state index in [1.54, 1.807) is 26.8 Å². The van der Waals surface area contributed by atoms with Gasteiger partial charge in [-0.1, -0.05) is 56.3 Å². The number of hydrogen-bond acceptors (Lipinski definition) is 6. The molecule has 0 aliphatic rings. The first-order valence-corrected chi connectivity index (χ1v) is 15.5. The number of ether oxygens (including phenoxy) is 2. The highest BCUT2D eigenvalue weighted by molar-refractivity contribution is 7.56. The van der Waals surface area contributed by atoms with Crippen LogP contribution in [0.25, 0.3) is 0 Å². The van der Waals surface area contributed by atoms with Crippen LogP contribution in [-0.4, -0.2) is 29.6 Å². The van der Waals surface area contributed by atoms with Crippen LogP contribution in [0, 0.1) is 13.8 Å². The van der Waals surface area contributed by atoms with Crippen molar-refractivity contribution in [2.45, 2.75) is 79.6 Å². The molecule has 3 rings (SSSR count). The Morgan fingerprint density at radius 1 is 0.925 bits per heavy atom. The summed E-state index contributed by atoms with van der Waals surface area (Å²) in [7, 11) is -3.62. The summed E-state index contributed by atoms with van der Waals surface area (Å²) >= 11 is 0. The standard InChI is InChI=1S/C32H42NO6P/c1-21(2)29-17-27(13-14-31(29)34)18-30-23(5)15-28(16-24(30)6)37-20-40(36,33-25(7)32(35)39-22(3)4)38-19-26-11-9-8-10-12-26/h8-17,21-22,25,34H,18-20H2,1-7H3,(H,33,36)/t25-,40?/m0/s1. The lowest BCUT2D eigenvalue weighted by atomic mass is 9.93. The number of hydrogen-bond donors (Lipinski definition) is 2. The lowest BCUT2D eigenvalue weighted by Crippen LogP contribution is -2.36. The maximum Gasteiger partial charge on any atom is 0.323 e. The highest BCUT2D eigenvalue weighted by Crippen LogP contribution is 2.44. The van der Waals surface area contributed by atoms with Crippen molar-refractivity contribution in [3.05, 3.63) is 94.0 Å². The maximum absolute atomic E-state index is 13.9. The van der Waals surface area contributed by atoms with Gasteiger partial charge in [-0.25, -0.2) is 5.09 Å². The van der Waals surface area contributed by atoms with Crippen molar-refractivity contribution in [1.82, 2.24) is 5.09 Å². The summed E-state index contributed by atoms with van der Waals surface area (Å²) in [5.41, 5.74) is 6.14. The minimum Gasteiger partial charge on any atom is -0.508 e. The van der Waals surface area contributed by atoms with Crippen LogP contribution >= 0.6 is 7.52 Å². The van der Waals surface area contributed by atoms with Gasteiger partial charge >= 0.3 is 13.5 Å². The molecule has 0 fully saturated rings. The zero-order valence-electron chi connectivity index (χ0n) is 24.6. The Bertz CT molecular complexity index is 1320. The summed E-state index contributed by atoms with van der Waals surface area (Å²) in [4.78, 5) is 12.4. The summed E-state index contributed by atoms with van der Waals surface area (Å²) in [5, 5.41) is 13.0. The van der Waals surface area contributed by atoms with Gasteiger partial charge in [0, 0.05) is 0 Å². The van der Waals surface area contributed by atoms with E-state index in [1.807, 2.05) is 62.4 Å². The molecule has 0 spiro atoms. The number of carbonyl (C=O) groups is 1. The number of esters is 1. The van der Waals surface area contributed by atoms with E-state index in [0.717, 1.165) is 27.8 Å². The van der Waals surface area contributed by atoms with E-state index in [1.165, 1.54) is 5.56 Å². The van der Waals surface area contributed by atoms with Crippen LogP contribution in [0.4, 0.5) is 0 Å². The number of phenolic OH excluding ortho intramolecular Hbond substituents is 1. The fourth-order valence-corrected chi connectivity index (χ4v) is 6.00. The molecule has 0 saturated heterocycles. The normalized spacial score (nSPS) is 13.7. The minimum atomic E-state index is -3.62. The Morgan fingerprint density at radius 3 is 2.17 bits per heavy atom. The van der Waals surface area contributed by atoms with Gasteiger partial charge in [0.2, 0.25) is 0 Å². The molecule has 2 N–H and O–H groups in total. The van der Waals surface area contributed by atoms with E-state index in [9.17, 15) is 14.5 Å². The first-order valence-electron chi connectivity index (χ1n) is 13.7. The Balaban J connectivity index is 1.77. The maximum atomic E-state index is 13.9. The number of rotatable bonds is 13. The molecular formula is C32H42NO6P. The molecule has 0 heterocycles. The predicted octanol–water partition coefficient (Wildman–Crippen LogP) is 7.40. The van der Waals surface area contributed by atoms with Gasteiger partial charge in [-0.2, -0.15) is 0 Å². The summed E-state index contributed by atoms with van der Waals surface area (Å²) < 4.78 is 31.0. The Labute approximate surface area is 238 Å². The van der Waals surface area contributed by atoms with Crippen LogP contribution < -0.4 is 9.82 Å². The van der Waals surface area contributed by atoms with Crippen molar-refractivity contribution >= 4 is 13.5 Å². The van der Waals surface area contributed by atoms with Gasteiger partial charge in [-0.05, 0) is 98.5 Å². The molecule has 0 radical (unpaired) electrons.